The van der Waals surface area contributed by atoms with Crippen molar-refractivity contribution in [2.45, 2.75) is 6.92 Å². The van der Waals surface area contributed by atoms with Gasteiger partial charge in [-0.3, -0.25) is 9.36 Å². The van der Waals surface area contributed by atoms with Crippen molar-refractivity contribution in [3.63, 3.8) is 0 Å². The Morgan fingerprint density at radius 1 is 1.25 bits per heavy atom. The lowest BCUT2D eigenvalue weighted by atomic mass is 10.2. The van der Waals surface area contributed by atoms with Gasteiger partial charge in [-0.2, -0.15) is 0 Å². The zero-order valence-electron chi connectivity index (χ0n) is 13.2. The second kappa shape index (κ2) is 6.50. The van der Waals surface area contributed by atoms with Crippen LogP contribution in [-0.4, -0.2) is 14.5 Å². The lowest BCUT2D eigenvalue weighted by molar-refractivity contribution is 0.627. The number of hydrogen-bond acceptors (Lipinski definition) is 2. The standard InChI is InChI=1S/C19H16FN3O/c1-3-5-16-17(4-2)23(15-8-6-14(20)7-9-15)19(22-16)13-10-11-21-18(24)12-13/h3-12H,2H2,1H3,(H,21,24)/b5-3-. The molecule has 0 amide bonds. The first-order valence-corrected chi connectivity index (χ1v) is 7.47. The Labute approximate surface area is 138 Å². The number of pyridine rings is 1. The summed E-state index contributed by atoms with van der Waals surface area (Å²) in [6.07, 6.45) is 7.02. The van der Waals surface area contributed by atoms with Crippen molar-refractivity contribution >= 4 is 12.2 Å². The molecule has 0 saturated heterocycles. The number of benzene rings is 1. The van der Waals surface area contributed by atoms with Gasteiger partial charge in [0.2, 0.25) is 5.56 Å². The number of halogens is 1. The van der Waals surface area contributed by atoms with E-state index in [0.29, 0.717) is 11.4 Å². The van der Waals surface area contributed by atoms with Crippen LogP contribution in [0.1, 0.15) is 18.3 Å². The van der Waals surface area contributed by atoms with Crippen LogP contribution in [0.25, 0.3) is 29.2 Å². The second-order valence-corrected chi connectivity index (χ2v) is 5.16. The molecule has 0 fully saturated rings. The molecule has 0 radical (unpaired) electrons. The molecule has 4 nitrogen and oxygen atoms in total. The van der Waals surface area contributed by atoms with Crippen molar-refractivity contribution in [2.75, 3.05) is 0 Å². The number of aromatic amines is 1. The van der Waals surface area contributed by atoms with Crippen molar-refractivity contribution in [1.82, 2.24) is 14.5 Å². The van der Waals surface area contributed by atoms with Crippen LogP contribution in [0.2, 0.25) is 0 Å². The van der Waals surface area contributed by atoms with E-state index in [1.807, 2.05) is 23.6 Å². The normalized spacial score (nSPS) is 11.1. The van der Waals surface area contributed by atoms with Gasteiger partial charge in [-0.15, -0.1) is 0 Å². The van der Waals surface area contributed by atoms with Gasteiger partial charge in [-0.25, -0.2) is 9.37 Å². The maximum absolute atomic E-state index is 13.3. The van der Waals surface area contributed by atoms with E-state index in [0.717, 1.165) is 17.1 Å². The highest BCUT2D eigenvalue weighted by Crippen LogP contribution is 2.27. The van der Waals surface area contributed by atoms with Crippen LogP contribution in [0.15, 0.2) is 60.0 Å². The number of allylic oxidation sites excluding steroid dienone is 1. The molecule has 2 aromatic heterocycles. The third-order valence-corrected chi connectivity index (χ3v) is 3.58. The second-order valence-electron chi connectivity index (χ2n) is 5.16. The van der Waals surface area contributed by atoms with Crippen LogP contribution in [0.4, 0.5) is 4.39 Å². The molecule has 0 aliphatic rings. The van der Waals surface area contributed by atoms with Crippen LogP contribution in [0.5, 0.6) is 0 Å². The van der Waals surface area contributed by atoms with Crippen LogP contribution in [-0.2, 0) is 0 Å². The minimum absolute atomic E-state index is 0.214. The SMILES string of the molecule is C=Cc1c(/C=C\C)nc(-c2cc[nH]c(=O)c2)n1-c1ccc(F)cc1. The molecule has 0 spiro atoms. The maximum atomic E-state index is 13.3. The predicted molar refractivity (Wildman–Crippen MR) is 94.4 cm³/mol. The molecule has 2 heterocycles. The Hall–Kier alpha value is -3.21. The third kappa shape index (κ3) is 2.84. The molecule has 1 aromatic carbocycles. The Kier molecular flexibility index (Phi) is 4.24. The molecule has 0 bridgehead atoms. The summed E-state index contributed by atoms with van der Waals surface area (Å²) in [5, 5.41) is 0. The number of nitrogens with zero attached hydrogens (tertiary/aromatic N) is 2. The summed E-state index contributed by atoms with van der Waals surface area (Å²) in [6.45, 7) is 5.76. The largest absolute Gasteiger partial charge is 0.329 e. The average Bonchev–Trinajstić information content (AvgIpc) is 2.94. The van der Waals surface area contributed by atoms with Crippen molar-refractivity contribution in [3.8, 4) is 17.1 Å². The molecule has 3 aromatic rings. The molecule has 0 atom stereocenters. The van der Waals surface area contributed by atoms with Gasteiger partial charge in [0, 0.05) is 23.5 Å². The molecular formula is C19H16FN3O. The molecule has 3 rings (SSSR count). The van der Waals surface area contributed by atoms with E-state index >= 15 is 0 Å². The first-order valence-electron chi connectivity index (χ1n) is 7.47. The van der Waals surface area contributed by atoms with E-state index in [2.05, 4.69) is 16.5 Å². The van der Waals surface area contributed by atoms with Crippen molar-refractivity contribution in [1.29, 1.82) is 0 Å². The van der Waals surface area contributed by atoms with E-state index in [1.54, 1.807) is 30.5 Å². The number of rotatable bonds is 4. The summed E-state index contributed by atoms with van der Waals surface area (Å²) in [5.41, 5.74) is 2.70. The van der Waals surface area contributed by atoms with Gasteiger partial charge in [0.05, 0.1) is 11.4 Å². The van der Waals surface area contributed by atoms with Gasteiger partial charge in [-0.1, -0.05) is 12.7 Å². The zero-order chi connectivity index (χ0) is 17.1. The summed E-state index contributed by atoms with van der Waals surface area (Å²) < 4.78 is 15.1. The number of H-pyrrole nitrogens is 1. The maximum Gasteiger partial charge on any atom is 0.248 e. The van der Waals surface area contributed by atoms with Gasteiger partial charge in [0.25, 0.3) is 0 Å². The highest BCUT2D eigenvalue weighted by molar-refractivity contribution is 5.69. The molecule has 1 N–H and O–H groups in total. The quantitative estimate of drug-likeness (QED) is 0.788. The molecule has 0 unspecified atom stereocenters. The highest BCUT2D eigenvalue weighted by atomic mass is 19.1. The smallest absolute Gasteiger partial charge is 0.248 e. The van der Waals surface area contributed by atoms with Crippen molar-refractivity contribution in [3.05, 3.63) is 82.8 Å². The molecule has 0 saturated carbocycles. The molecule has 24 heavy (non-hydrogen) atoms. The molecule has 5 heteroatoms. The van der Waals surface area contributed by atoms with Gasteiger partial charge in [0.15, 0.2) is 0 Å². The van der Waals surface area contributed by atoms with E-state index < -0.39 is 0 Å². The van der Waals surface area contributed by atoms with E-state index in [-0.39, 0.29) is 11.4 Å². The number of nitrogens with one attached hydrogen (secondary N) is 1. The molecule has 0 aliphatic carbocycles. The van der Waals surface area contributed by atoms with E-state index in [1.165, 1.54) is 18.2 Å². The van der Waals surface area contributed by atoms with Gasteiger partial charge >= 0.3 is 0 Å². The first-order chi connectivity index (χ1) is 11.6. The Balaban J connectivity index is 2.33. The van der Waals surface area contributed by atoms with Crippen LogP contribution >= 0.6 is 0 Å². The third-order valence-electron chi connectivity index (χ3n) is 3.58. The summed E-state index contributed by atoms with van der Waals surface area (Å²) in [7, 11) is 0. The lowest BCUT2D eigenvalue weighted by Gasteiger charge is -2.10. The summed E-state index contributed by atoms with van der Waals surface area (Å²) in [4.78, 5) is 18.9. The van der Waals surface area contributed by atoms with Crippen LogP contribution < -0.4 is 5.56 Å². The molecule has 120 valence electrons. The van der Waals surface area contributed by atoms with Gasteiger partial charge in [-0.05, 0) is 49.4 Å². The van der Waals surface area contributed by atoms with E-state index in [9.17, 15) is 9.18 Å². The Morgan fingerprint density at radius 2 is 2.00 bits per heavy atom. The number of hydrogen-bond donors (Lipinski definition) is 1. The summed E-state index contributed by atoms with van der Waals surface area (Å²) in [5.74, 6) is 0.279. The van der Waals surface area contributed by atoms with Gasteiger partial charge < -0.3 is 4.98 Å². The monoisotopic (exact) mass is 321 g/mol. The highest BCUT2D eigenvalue weighted by Gasteiger charge is 2.16. The van der Waals surface area contributed by atoms with Crippen molar-refractivity contribution in [2.24, 2.45) is 0 Å². The first kappa shape index (κ1) is 15.7. The summed E-state index contributed by atoms with van der Waals surface area (Å²) in [6, 6.07) is 9.36. The van der Waals surface area contributed by atoms with Gasteiger partial charge in [0.1, 0.15) is 11.6 Å². The lowest BCUT2D eigenvalue weighted by Crippen LogP contribution is -2.05. The average molecular weight is 321 g/mol. The number of aromatic nitrogens is 3. The fourth-order valence-electron chi connectivity index (χ4n) is 2.56. The number of imidazole rings is 1. The predicted octanol–water partition coefficient (Wildman–Crippen LogP) is 4.04. The topological polar surface area (TPSA) is 50.7 Å². The van der Waals surface area contributed by atoms with Crippen molar-refractivity contribution < 1.29 is 4.39 Å². The fourth-order valence-corrected chi connectivity index (χ4v) is 2.56. The van der Waals surface area contributed by atoms with Crippen LogP contribution in [0.3, 0.4) is 0 Å². The Morgan fingerprint density at radius 3 is 2.62 bits per heavy atom. The summed E-state index contributed by atoms with van der Waals surface area (Å²) >= 11 is 0. The van der Waals surface area contributed by atoms with E-state index in [4.69, 9.17) is 0 Å². The molecule has 0 aliphatic heterocycles. The minimum atomic E-state index is -0.314. The zero-order valence-corrected chi connectivity index (χ0v) is 13.2. The molecular weight excluding hydrogens is 305 g/mol. The van der Waals surface area contributed by atoms with Crippen LogP contribution in [0, 0.1) is 5.82 Å². The fraction of sp³-hybridized carbons (Fsp3) is 0.0526. The Bertz CT molecular complexity index is 965. The minimum Gasteiger partial charge on any atom is -0.329 e.